The second-order valence-electron chi connectivity index (χ2n) is 4.56. The van der Waals surface area contributed by atoms with E-state index in [1.165, 1.54) is 0 Å². The molecule has 1 saturated heterocycles. The zero-order valence-corrected chi connectivity index (χ0v) is 12.7. The van der Waals surface area contributed by atoms with Crippen LogP contribution in [0, 0.1) is 0 Å². The number of halogens is 2. The number of hydrogen-bond acceptors (Lipinski definition) is 3. The van der Waals surface area contributed by atoms with E-state index < -0.39 is 5.97 Å². The molecular weight excluding hydrogens is 334 g/mol. The first kappa shape index (κ1) is 14.8. The first-order chi connectivity index (χ1) is 9.04. The Morgan fingerprint density at radius 1 is 1.58 bits per heavy atom. The van der Waals surface area contributed by atoms with Gasteiger partial charge in [-0.15, -0.1) is 0 Å². The predicted molar refractivity (Wildman–Crippen MR) is 76.4 cm³/mol. The van der Waals surface area contributed by atoms with E-state index in [2.05, 4.69) is 20.8 Å². The Hall–Kier alpha value is -0.620. The molecule has 104 valence electrons. The first-order valence-electron chi connectivity index (χ1n) is 6.04. The van der Waals surface area contributed by atoms with Crippen molar-refractivity contribution in [2.24, 2.45) is 0 Å². The molecule has 1 heterocycles. The number of nitrogens with zero attached hydrogens (tertiary/aromatic N) is 1. The van der Waals surface area contributed by atoms with Crippen LogP contribution in [0.1, 0.15) is 12.0 Å². The van der Waals surface area contributed by atoms with Gasteiger partial charge in [0.05, 0.1) is 19.1 Å². The highest BCUT2D eigenvalue weighted by atomic mass is 79.9. The zero-order valence-electron chi connectivity index (χ0n) is 10.3. The predicted octanol–water partition coefficient (Wildman–Crippen LogP) is 2.78. The Bertz CT molecular complexity index is 469. The molecule has 0 aliphatic carbocycles. The number of hydrogen-bond donors (Lipinski definition) is 1. The Balaban J connectivity index is 1.96. The van der Waals surface area contributed by atoms with Crippen molar-refractivity contribution in [1.82, 2.24) is 4.90 Å². The average molecular weight is 349 g/mol. The number of rotatable bonds is 4. The Labute approximate surface area is 125 Å². The number of ether oxygens (including phenoxy) is 1. The van der Waals surface area contributed by atoms with E-state index in [4.69, 9.17) is 21.4 Å². The topological polar surface area (TPSA) is 49.8 Å². The number of benzene rings is 1. The fraction of sp³-hybridized carbons (Fsp3) is 0.462. The van der Waals surface area contributed by atoms with E-state index in [0.29, 0.717) is 18.2 Å². The number of carbonyl (C=O) groups is 1. The van der Waals surface area contributed by atoms with Gasteiger partial charge in [-0.25, -0.2) is 0 Å². The van der Waals surface area contributed by atoms with Gasteiger partial charge in [0.1, 0.15) is 0 Å². The molecule has 0 amide bonds. The molecular formula is C13H15BrClNO3. The molecule has 0 spiro atoms. The van der Waals surface area contributed by atoms with Gasteiger partial charge in [0.15, 0.2) is 0 Å². The molecule has 1 atom stereocenters. The monoisotopic (exact) mass is 347 g/mol. The van der Waals surface area contributed by atoms with Gasteiger partial charge in [-0.3, -0.25) is 9.69 Å². The average Bonchev–Trinajstić information content (AvgIpc) is 2.32. The minimum Gasteiger partial charge on any atom is -0.481 e. The van der Waals surface area contributed by atoms with Crippen LogP contribution in [0.4, 0.5) is 0 Å². The van der Waals surface area contributed by atoms with Crippen LogP contribution < -0.4 is 0 Å². The highest BCUT2D eigenvalue weighted by Gasteiger charge is 2.23. The summed E-state index contributed by atoms with van der Waals surface area (Å²) in [6.45, 7) is 2.78. The molecule has 0 aromatic heterocycles. The van der Waals surface area contributed by atoms with E-state index in [-0.39, 0.29) is 12.5 Å². The smallest absolute Gasteiger partial charge is 0.306 e. The van der Waals surface area contributed by atoms with Gasteiger partial charge in [-0.05, 0) is 17.7 Å². The standard InChI is InChI=1S/C13H15BrClNO3/c14-12-5-10(15)2-1-9(12)7-16-3-4-19-11(8-16)6-13(17)18/h1-2,5,11H,3-4,6-8H2,(H,17,18). The summed E-state index contributed by atoms with van der Waals surface area (Å²) < 4.78 is 6.42. The quantitative estimate of drug-likeness (QED) is 0.909. The minimum absolute atomic E-state index is 0.0539. The van der Waals surface area contributed by atoms with Crippen molar-refractivity contribution in [3.63, 3.8) is 0 Å². The number of carboxylic acids is 1. The lowest BCUT2D eigenvalue weighted by Crippen LogP contribution is -2.42. The molecule has 6 heteroatoms. The molecule has 1 fully saturated rings. The zero-order chi connectivity index (χ0) is 13.8. The van der Waals surface area contributed by atoms with E-state index in [1.807, 2.05) is 18.2 Å². The Morgan fingerprint density at radius 3 is 3.05 bits per heavy atom. The lowest BCUT2D eigenvalue weighted by atomic mass is 10.1. The number of morpholine rings is 1. The molecule has 19 heavy (non-hydrogen) atoms. The summed E-state index contributed by atoms with van der Waals surface area (Å²) in [6, 6.07) is 5.71. The third kappa shape index (κ3) is 4.45. The van der Waals surface area contributed by atoms with Crippen molar-refractivity contribution in [2.45, 2.75) is 19.1 Å². The molecule has 1 aliphatic rings. The summed E-state index contributed by atoms with van der Waals surface area (Å²) in [5.41, 5.74) is 1.14. The number of carboxylic acid groups (broad SMARTS) is 1. The van der Waals surface area contributed by atoms with E-state index in [0.717, 1.165) is 23.1 Å². The van der Waals surface area contributed by atoms with Gasteiger partial charge in [0.2, 0.25) is 0 Å². The van der Waals surface area contributed by atoms with E-state index >= 15 is 0 Å². The highest BCUT2D eigenvalue weighted by molar-refractivity contribution is 9.10. The van der Waals surface area contributed by atoms with Crippen LogP contribution in [-0.2, 0) is 16.1 Å². The first-order valence-corrected chi connectivity index (χ1v) is 7.21. The summed E-state index contributed by atoms with van der Waals surface area (Å²) in [4.78, 5) is 12.9. The SMILES string of the molecule is O=C(O)CC1CN(Cc2ccc(Cl)cc2Br)CCO1. The van der Waals surface area contributed by atoms with Crippen molar-refractivity contribution in [2.75, 3.05) is 19.7 Å². The van der Waals surface area contributed by atoms with Crippen molar-refractivity contribution >= 4 is 33.5 Å². The molecule has 1 unspecified atom stereocenters. The molecule has 0 saturated carbocycles. The van der Waals surface area contributed by atoms with Crippen LogP contribution in [0.15, 0.2) is 22.7 Å². The Morgan fingerprint density at radius 2 is 2.37 bits per heavy atom. The molecule has 2 rings (SSSR count). The van der Waals surface area contributed by atoms with Crippen LogP contribution >= 0.6 is 27.5 Å². The van der Waals surface area contributed by atoms with Gasteiger partial charge < -0.3 is 9.84 Å². The third-order valence-corrected chi connectivity index (χ3v) is 4.01. The highest BCUT2D eigenvalue weighted by Crippen LogP contribution is 2.23. The summed E-state index contributed by atoms with van der Waals surface area (Å²) >= 11 is 9.40. The molecule has 1 aromatic rings. The molecule has 0 bridgehead atoms. The maximum atomic E-state index is 10.7. The van der Waals surface area contributed by atoms with Gasteiger partial charge >= 0.3 is 5.97 Å². The van der Waals surface area contributed by atoms with Crippen molar-refractivity contribution in [3.05, 3.63) is 33.3 Å². The summed E-state index contributed by atoms with van der Waals surface area (Å²) in [7, 11) is 0. The summed E-state index contributed by atoms with van der Waals surface area (Å²) in [5.74, 6) is -0.820. The second-order valence-corrected chi connectivity index (χ2v) is 5.85. The van der Waals surface area contributed by atoms with Crippen molar-refractivity contribution < 1.29 is 14.6 Å². The molecule has 1 aromatic carbocycles. The van der Waals surface area contributed by atoms with Crippen LogP contribution in [0.2, 0.25) is 5.02 Å². The lowest BCUT2D eigenvalue weighted by molar-refractivity contribution is -0.142. The molecule has 4 nitrogen and oxygen atoms in total. The minimum atomic E-state index is -0.820. The van der Waals surface area contributed by atoms with E-state index in [1.54, 1.807) is 0 Å². The number of aliphatic carboxylic acids is 1. The molecule has 1 aliphatic heterocycles. The van der Waals surface area contributed by atoms with Crippen molar-refractivity contribution in [3.8, 4) is 0 Å². The van der Waals surface area contributed by atoms with Gasteiger partial charge in [-0.2, -0.15) is 0 Å². The van der Waals surface area contributed by atoms with Crippen LogP contribution in [0.3, 0.4) is 0 Å². The normalized spacial score (nSPS) is 20.4. The maximum Gasteiger partial charge on any atom is 0.306 e. The van der Waals surface area contributed by atoms with Crippen molar-refractivity contribution in [1.29, 1.82) is 0 Å². The van der Waals surface area contributed by atoms with Crippen LogP contribution in [-0.4, -0.2) is 41.8 Å². The summed E-state index contributed by atoms with van der Waals surface area (Å²) in [5, 5.41) is 9.49. The molecule has 1 N–H and O–H groups in total. The van der Waals surface area contributed by atoms with Crippen LogP contribution in [0.25, 0.3) is 0 Å². The maximum absolute atomic E-state index is 10.7. The van der Waals surface area contributed by atoms with Gasteiger partial charge in [0.25, 0.3) is 0 Å². The lowest BCUT2D eigenvalue weighted by Gasteiger charge is -2.32. The fourth-order valence-electron chi connectivity index (χ4n) is 2.13. The van der Waals surface area contributed by atoms with Gasteiger partial charge in [0, 0.05) is 29.1 Å². The summed E-state index contributed by atoms with van der Waals surface area (Å²) in [6.07, 6.45) is -0.171. The third-order valence-electron chi connectivity index (χ3n) is 3.03. The van der Waals surface area contributed by atoms with Crippen LogP contribution in [0.5, 0.6) is 0 Å². The molecule has 0 radical (unpaired) electrons. The van der Waals surface area contributed by atoms with E-state index in [9.17, 15) is 4.79 Å². The fourth-order valence-corrected chi connectivity index (χ4v) is 2.94. The Kier molecular flexibility index (Phi) is 5.21. The van der Waals surface area contributed by atoms with Gasteiger partial charge in [-0.1, -0.05) is 33.6 Å². The largest absolute Gasteiger partial charge is 0.481 e. The second kappa shape index (κ2) is 6.70.